The van der Waals surface area contributed by atoms with Crippen LogP contribution in [0.4, 0.5) is 0 Å². The SMILES string of the molecule is CCC(C)C(=O)OC.CCC(C)C(=O)OC.CCC(C)C(=O)OC.CCC(C)C(=O)OC.CCC(C)C(=O)OC.COc1cc(C[N+](C)(C)C)cc(OC)c1OC.C[N+](C)(C)Cc1ccc(Cl)c(Cl)c1.C[N+](C)(C)Cc1ccc(Cl)cc1Cl.Cc1c(C)c(C)c(C[N+](C)(C)C)c(C)c1C.Cc1cc(C)c(C[N+](C)(C)C)c(C)c1. The van der Waals surface area contributed by atoms with Crippen LogP contribution in [0.15, 0.2) is 60.7 Å². The van der Waals surface area contributed by atoms with Crippen molar-refractivity contribution in [1.29, 1.82) is 0 Å². The van der Waals surface area contributed by atoms with Gasteiger partial charge in [-0.25, -0.2) is 0 Å². The molecule has 0 aliphatic rings. The molecular formula is C91H158Cl4N5O13+5. The Labute approximate surface area is 708 Å². The lowest BCUT2D eigenvalue weighted by Gasteiger charge is -2.27. The van der Waals surface area contributed by atoms with Crippen molar-refractivity contribution in [3.8, 4) is 17.2 Å². The van der Waals surface area contributed by atoms with Crippen LogP contribution >= 0.6 is 46.4 Å². The second-order valence-electron chi connectivity index (χ2n) is 33.9. The molecule has 0 bridgehead atoms. The van der Waals surface area contributed by atoms with Crippen molar-refractivity contribution < 1.29 is 84.3 Å². The lowest BCUT2D eigenvalue weighted by Crippen LogP contribution is -2.34. The molecule has 0 N–H and O–H groups in total. The summed E-state index contributed by atoms with van der Waals surface area (Å²) in [5.41, 5.74) is 18.1. The molecule has 0 saturated heterocycles. The Morgan fingerprint density at radius 2 is 0.611 bits per heavy atom. The monoisotopic (exact) mass is 1670 g/mol. The van der Waals surface area contributed by atoms with Crippen molar-refractivity contribution in [2.24, 2.45) is 29.6 Å². The maximum atomic E-state index is 10.5. The molecule has 0 aromatic heterocycles. The fraction of sp³-hybridized carbons (Fsp3) is 0.615. The van der Waals surface area contributed by atoms with Crippen LogP contribution in [0.1, 0.15) is 174 Å². The number of ether oxygens (including phenoxy) is 8. The highest BCUT2D eigenvalue weighted by Crippen LogP contribution is 2.39. The molecule has 0 amide bonds. The van der Waals surface area contributed by atoms with Gasteiger partial charge >= 0.3 is 29.8 Å². The molecule has 648 valence electrons. The minimum Gasteiger partial charge on any atom is -0.493 e. The average molecular weight is 1670 g/mol. The number of halogens is 4. The molecule has 0 aliphatic carbocycles. The number of hydrogen-bond acceptors (Lipinski definition) is 13. The van der Waals surface area contributed by atoms with E-state index in [1.54, 1.807) is 27.4 Å². The number of aryl methyl sites for hydroxylation is 3. The van der Waals surface area contributed by atoms with Gasteiger partial charge in [0.05, 0.1) is 207 Å². The number of benzene rings is 5. The summed E-state index contributed by atoms with van der Waals surface area (Å²) in [6.07, 6.45) is 4.27. The molecule has 5 aromatic carbocycles. The Morgan fingerprint density at radius 3 is 0.858 bits per heavy atom. The Bertz CT molecular complexity index is 3380. The first kappa shape index (κ1) is 115. The summed E-state index contributed by atoms with van der Waals surface area (Å²) in [5.74, 6) is 1.73. The summed E-state index contributed by atoms with van der Waals surface area (Å²) in [4.78, 5) is 52.6. The fourth-order valence-electron chi connectivity index (χ4n) is 10.2. The van der Waals surface area contributed by atoms with Gasteiger partial charge in [0.2, 0.25) is 5.75 Å². The Hall–Kier alpha value is -6.19. The highest BCUT2D eigenvalue weighted by molar-refractivity contribution is 6.42. The maximum Gasteiger partial charge on any atom is 0.308 e. The topological polar surface area (TPSA) is 159 Å². The normalized spacial score (nSPS) is 12.1. The average Bonchev–Trinajstić information content (AvgIpc) is 0.801. The van der Waals surface area contributed by atoms with Crippen LogP contribution in [0.25, 0.3) is 0 Å². The van der Waals surface area contributed by atoms with E-state index >= 15 is 0 Å². The molecule has 113 heavy (non-hydrogen) atoms. The van der Waals surface area contributed by atoms with E-state index in [-0.39, 0.29) is 59.4 Å². The van der Waals surface area contributed by atoms with E-state index in [1.807, 2.05) is 112 Å². The van der Waals surface area contributed by atoms with Crippen LogP contribution in [0.3, 0.4) is 0 Å². The van der Waals surface area contributed by atoms with Crippen molar-refractivity contribution in [3.05, 3.63) is 153 Å². The summed E-state index contributed by atoms with van der Waals surface area (Å²) in [5, 5.41) is 2.69. The van der Waals surface area contributed by atoms with E-state index in [2.05, 4.69) is 197 Å². The van der Waals surface area contributed by atoms with Crippen LogP contribution in [-0.2, 0) is 80.4 Å². The molecule has 0 aliphatic heterocycles. The highest BCUT2D eigenvalue weighted by atomic mass is 35.5. The molecule has 5 aromatic rings. The number of rotatable bonds is 23. The molecule has 0 fully saturated rings. The molecule has 5 atom stereocenters. The Balaban J connectivity index is -0.000000388. The van der Waals surface area contributed by atoms with Gasteiger partial charge in [0.1, 0.15) is 32.7 Å². The zero-order valence-corrected chi connectivity index (χ0v) is 81.3. The lowest BCUT2D eigenvalue weighted by atomic mass is 9.89. The number of methoxy groups -OCH3 is 8. The summed E-state index contributed by atoms with van der Waals surface area (Å²) < 4.78 is 42.8. The van der Waals surface area contributed by atoms with Gasteiger partial charge in [0.15, 0.2) is 11.5 Å². The second kappa shape index (κ2) is 57.8. The quantitative estimate of drug-likeness (QED) is 0.0346. The molecule has 18 nitrogen and oxygen atoms in total. The predicted octanol–water partition coefficient (Wildman–Crippen LogP) is 20.6. The Morgan fingerprint density at radius 1 is 0.319 bits per heavy atom. The van der Waals surface area contributed by atoms with Crippen molar-refractivity contribution in [2.45, 2.75) is 189 Å². The van der Waals surface area contributed by atoms with Crippen LogP contribution < -0.4 is 14.2 Å². The van der Waals surface area contributed by atoms with Crippen LogP contribution in [0.2, 0.25) is 20.1 Å². The van der Waals surface area contributed by atoms with Gasteiger partial charge in [-0.15, -0.1) is 0 Å². The molecule has 5 rings (SSSR count). The number of esters is 5. The lowest BCUT2D eigenvalue weighted by molar-refractivity contribution is -0.884. The van der Waals surface area contributed by atoms with Gasteiger partial charge in [-0.2, -0.15) is 0 Å². The summed E-state index contributed by atoms with van der Waals surface area (Å²) in [6, 6.07) is 20.0. The van der Waals surface area contributed by atoms with E-state index < -0.39 is 0 Å². The zero-order chi connectivity index (χ0) is 89.6. The number of carbonyl (C=O) groups is 5. The molecule has 0 radical (unpaired) electrons. The first-order valence-corrected chi connectivity index (χ1v) is 40.4. The van der Waals surface area contributed by atoms with Crippen molar-refractivity contribution in [1.82, 2.24) is 0 Å². The first-order chi connectivity index (χ1) is 51.7. The van der Waals surface area contributed by atoms with E-state index in [1.165, 1.54) is 96.7 Å². The minimum atomic E-state index is -0.118. The molecular weight excluding hydrogens is 1510 g/mol. The van der Waals surface area contributed by atoms with Gasteiger partial charge in [-0.1, -0.05) is 145 Å². The minimum absolute atomic E-state index is 0.0556. The van der Waals surface area contributed by atoms with Gasteiger partial charge in [-0.3, -0.25) is 24.0 Å². The smallest absolute Gasteiger partial charge is 0.308 e. The number of hydrogen-bond donors (Lipinski definition) is 0. The third-order valence-electron chi connectivity index (χ3n) is 18.0. The standard InChI is InChI=1S/C15H26N.C13H22NO3.C13H22N.2C10H14Cl2N.5C6H12O2/c1-10-11(2)13(4)15(9-16(6,7)8)14(5)12(10)3;1-14(2,3)9-10-7-11(15-4)13(17-6)12(8-10)16-5;1-10-7-11(2)13(12(3)8-10)9-14(4,5)6;1-13(2,3)7-8-4-5-9(11)6-10(8)12;1-13(2,3)7-8-4-5-9(11)10(12)6-8;5*1-4-5(2)6(7)8-3/h9H2,1-8H3;7-8H,9H2,1-6H3;7-8H,9H2,1-6H3;2*4-6H,7H2,1-3H3;5*5H,4H2,1-3H3/q5*+1;;;;;. The van der Waals surface area contributed by atoms with E-state index in [4.69, 9.17) is 60.6 Å². The maximum absolute atomic E-state index is 10.5. The van der Waals surface area contributed by atoms with Crippen molar-refractivity contribution in [3.63, 3.8) is 0 Å². The van der Waals surface area contributed by atoms with E-state index in [0.717, 1.165) is 103 Å². The highest BCUT2D eigenvalue weighted by Gasteiger charge is 2.21. The molecule has 22 heteroatoms. The number of quaternary nitrogens is 5. The van der Waals surface area contributed by atoms with Crippen LogP contribution in [0.5, 0.6) is 17.2 Å². The second-order valence-corrected chi connectivity index (χ2v) is 35.6. The molecule has 0 spiro atoms. The van der Waals surface area contributed by atoms with E-state index in [0.29, 0.717) is 32.3 Å². The van der Waals surface area contributed by atoms with Gasteiger partial charge in [-0.05, 0) is 163 Å². The van der Waals surface area contributed by atoms with Crippen molar-refractivity contribution >= 4 is 76.3 Å². The zero-order valence-electron chi connectivity index (χ0n) is 78.3. The summed E-state index contributed by atoms with van der Waals surface area (Å²) in [7, 11) is 44.6. The fourth-order valence-corrected chi connectivity index (χ4v) is 11.0. The van der Waals surface area contributed by atoms with Crippen LogP contribution in [-0.4, -0.2) is 215 Å². The largest absolute Gasteiger partial charge is 0.493 e. The number of carbonyl (C=O) groups excluding carboxylic acids is 5. The number of nitrogens with zero attached hydrogens (tertiary/aromatic N) is 5. The summed E-state index contributed by atoms with van der Waals surface area (Å²) >= 11 is 23.6. The predicted molar refractivity (Wildman–Crippen MR) is 476 cm³/mol. The summed E-state index contributed by atoms with van der Waals surface area (Å²) in [6.45, 7) is 41.9. The Kier molecular flexibility index (Phi) is 59.0. The molecule has 0 heterocycles. The van der Waals surface area contributed by atoms with Gasteiger partial charge in [0.25, 0.3) is 0 Å². The van der Waals surface area contributed by atoms with Crippen LogP contribution in [0, 0.1) is 85.0 Å². The molecule has 0 saturated carbocycles. The van der Waals surface area contributed by atoms with Gasteiger partial charge < -0.3 is 60.3 Å². The molecule has 5 unspecified atom stereocenters. The van der Waals surface area contributed by atoms with E-state index in [9.17, 15) is 24.0 Å². The first-order valence-electron chi connectivity index (χ1n) is 38.9. The third kappa shape index (κ3) is 52.9. The van der Waals surface area contributed by atoms with Crippen molar-refractivity contribution in [2.75, 3.05) is 163 Å². The van der Waals surface area contributed by atoms with Gasteiger partial charge in [0, 0.05) is 32.8 Å². The third-order valence-corrected chi connectivity index (χ3v) is 19.3.